The first kappa shape index (κ1) is 28.1. The largest absolute Gasteiger partial charge is 0.504 e. The Kier molecular flexibility index (Phi) is 11.8. The third-order valence-electron chi connectivity index (χ3n) is 6.63. The topological polar surface area (TPSA) is 93.4 Å². The summed E-state index contributed by atoms with van der Waals surface area (Å²) in [4.78, 5) is 2.61. The quantitative estimate of drug-likeness (QED) is 0.223. The minimum absolute atomic E-state index is 0. The summed E-state index contributed by atoms with van der Waals surface area (Å²) in [5, 5.41) is 38.8. The van der Waals surface area contributed by atoms with Crippen molar-refractivity contribution < 1.29 is 25.2 Å². The summed E-state index contributed by atoms with van der Waals surface area (Å²) in [5.41, 5.74) is 3.05. The van der Waals surface area contributed by atoms with E-state index in [4.69, 9.17) is 4.74 Å². The number of hydrogen-bond acceptors (Lipinski definition) is 6. The number of rotatable bonds is 13. The summed E-state index contributed by atoms with van der Waals surface area (Å²) in [6.07, 6.45) is 9.21. The number of benzene rings is 2. The van der Waals surface area contributed by atoms with Crippen LogP contribution in [0.1, 0.15) is 62.1 Å². The molecule has 0 unspecified atom stereocenters. The molecule has 7 heteroatoms. The molecular formula is C27H40ClNO5. The van der Waals surface area contributed by atoms with E-state index in [1.165, 1.54) is 24.5 Å². The van der Waals surface area contributed by atoms with Crippen molar-refractivity contribution in [3.8, 4) is 23.0 Å². The van der Waals surface area contributed by atoms with Crippen molar-refractivity contribution in [1.82, 2.24) is 4.90 Å². The van der Waals surface area contributed by atoms with Crippen molar-refractivity contribution in [2.24, 2.45) is 0 Å². The van der Waals surface area contributed by atoms with Gasteiger partial charge in [0.1, 0.15) is 0 Å². The normalized spacial score (nSPS) is 15.2. The van der Waals surface area contributed by atoms with Crippen LogP contribution in [0.5, 0.6) is 23.0 Å². The second-order valence-corrected chi connectivity index (χ2v) is 9.10. The predicted octanol–water partition coefficient (Wildman–Crippen LogP) is 5.32. The van der Waals surface area contributed by atoms with Crippen molar-refractivity contribution >= 4 is 12.4 Å². The zero-order valence-electron chi connectivity index (χ0n) is 20.2. The highest BCUT2D eigenvalue weighted by Crippen LogP contribution is 2.36. The van der Waals surface area contributed by atoms with Gasteiger partial charge in [-0.15, -0.1) is 12.4 Å². The summed E-state index contributed by atoms with van der Waals surface area (Å²) in [7, 11) is 0. The molecule has 0 aromatic heterocycles. The van der Waals surface area contributed by atoms with Crippen LogP contribution in [0.3, 0.4) is 0 Å². The Morgan fingerprint density at radius 3 is 2.41 bits per heavy atom. The Balaban J connectivity index is 0.00000408. The van der Waals surface area contributed by atoms with Crippen LogP contribution < -0.4 is 0 Å². The maximum Gasteiger partial charge on any atom is 0.160 e. The second kappa shape index (κ2) is 14.3. The number of fused-ring (bicyclic) bond motifs is 1. The number of aromatic hydroxyl groups is 4. The Bertz CT molecular complexity index is 892. The molecule has 34 heavy (non-hydrogen) atoms. The van der Waals surface area contributed by atoms with Crippen LogP contribution in [0.15, 0.2) is 30.3 Å². The molecule has 0 spiro atoms. The lowest BCUT2D eigenvalue weighted by atomic mass is 9.86. The fraction of sp³-hybridized carbons (Fsp3) is 0.556. The van der Waals surface area contributed by atoms with E-state index in [9.17, 15) is 20.4 Å². The molecule has 1 aliphatic carbocycles. The molecule has 1 aliphatic rings. The molecule has 6 nitrogen and oxygen atoms in total. The summed E-state index contributed by atoms with van der Waals surface area (Å²) in [6.45, 7) is 5.79. The summed E-state index contributed by atoms with van der Waals surface area (Å²) >= 11 is 0. The summed E-state index contributed by atoms with van der Waals surface area (Å²) < 4.78 is 5.73. The monoisotopic (exact) mass is 493 g/mol. The molecule has 0 saturated heterocycles. The van der Waals surface area contributed by atoms with Crippen LogP contribution in [-0.2, 0) is 24.0 Å². The number of ether oxygens (including phenoxy) is 1. The molecule has 0 heterocycles. The van der Waals surface area contributed by atoms with Gasteiger partial charge in [0.2, 0.25) is 0 Å². The number of nitrogens with zero attached hydrogens (tertiary/aromatic N) is 1. The lowest BCUT2D eigenvalue weighted by molar-refractivity contribution is 0.131. The van der Waals surface area contributed by atoms with E-state index < -0.39 is 0 Å². The van der Waals surface area contributed by atoms with E-state index in [2.05, 4.69) is 11.8 Å². The van der Waals surface area contributed by atoms with Gasteiger partial charge in [0.05, 0.1) is 6.61 Å². The van der Waals surface area contributed by atoms with Gasteiger partial charge in [0, 0.05) is 18.2 Å². The Morgan fingerprint density at radius 1 is 0.882 bits per heavy atom. The van der Waals surface area contributed by atoms with E-state index >= 15 is 0 Å². The maximum absolute atomic E-state index is 10.1. The molecular weight excluding hydrogens is 454 g/mol. The molecule has 2 aromatic rings. The van der Waals surface area contributed by atoms with Crippen LogP contribution in [0.25, 0.3) is 0 Å². The molecule has 0 saturated carbocycles. The van der Waals surface area contributed by atoms with Gasteiger partial charge in [-0.05, 0) is 87.4 Å². The highest BCUT2D eigenvalue weighted by atomic mass is 35.5. The maximum atomic E-state index is 10.1. The van der Waals surface area contributed by atoms with Crippen molar-refractivity contribution in [2.45, 2.75) is 70.8 Å². The smallest absolute Gasteiger partial charge is 0.160 e. The van der Waals surface area contributed by atoms with E-state index in [1.807, 2.05) is 6.07 Å². The molecule has 0 radical (unpaired) electrons. The van der Waals surface area contributed by atoms with Gasteiger partial charge in [-0.1, -0.05) is 31.9 Å². The molecule has 0 fully saturated rings. The van der Waals surface area contributed by atoms with Crippen LogP contribution in [0.4, 0.5) is 0 Å². The lowest BCUT2D eigenvalue weighted by Crippen LogP contribution is -2.40. The van der Waals surface area contributed by atoms with Crippen molar-refractivity contribution in [3.63, 3.8) is 0 Å². The van der Waals surface area contributed by atoms with Gasteiger partial charge in [0.25, 0.3) is 0 Å². The van der Waals surface area contributed by atoms with E-state index in [-0.39, 0.29) is 35.4 Å². The molecule has 0 amide bonds. The minimum atomic E-state index is -0.0925. The van der Waals surface area contributed by atoms with Crippen molar-refractivity contribution in [3.05, 3.63) is 47.0 Å². The van der Waals surface area contributed by atoms with Gasteiger partial charge >= 0.3 is 0 Å². The first-order valence-corrected chi connectivity index (χ1v) is 12.3. The first-order chi connectivity index (χ1) is 16.0. The highest BCUT2D eigenvalue weighted by molar-refractivity contribution is 5.85. The Labute approximate surface area is 209 Å². The zero-order valence-corrected chi connectivity index (χ0v) is 21.0. The third kappa shape index (κ3) is 7.97. The highest BCUT2D eigenvalue weighted by Gasteiger charge is 2.26. The zero-order chi connectivity index (χ0) is 23.6. The molecule has 190 valence electrons. The fourth-order valence-corrected chi connectivity index (χ4v) is 4.77. The Morgan fingerprint density at radius 2 is 1.65 bits per heavy atom. The van der Waals surface area contributed by atoms with Gasteiger partial charge < -0.3 is 30.1 Å². The van der Waals surface area contributed by atoms with E-state index in [0.717, 1.165) is 75.8 Å². The van der Waals surface area contributed by atoms with Crippen LogP contribution >= 0.6 is 12.4 Å². The van der Waals surface area contributed by atoms with Gasteiger partial charge in [0.15, 0.2) is 23.0 Å². The SMILES string of the molecule is CCCN(CCCCCCOCCc1ccc(O)c(O)c1)[C@H]1CCc2c(ccc(O)c2O)C1.Cl. The number of unbranched alkanes of at least 4 members (excludes halogenated alkanes) is 3. The predicted molar refractivity (Wildman–Crippen MR) is 137 cm³/mol. The number of phenolic OH excluding ortho intramolecular Hbond substituents is 4. The van der Waals surface area contributed by atoms with Crippen molar-refractivity contribution in [1.29, 1.82) is 0 Å². The number of halogens is 1. The van der Waals surface area contributed by atoms with E-state index in [1.54, 1.807) is 18.2 Å². The van der Waals surface area contributed by atoms with Gasteiger partial charge in [-0.3, -0.25) is 0 Å². The van der Waals surface area contributed by atoms with Gasteiger partial charge in [-0.2, -0.15) is 0 Å². The van der Waals surface area contributed by atoms with Crippen LogP contribution in [-0.4, -0.2) is 57.7 Å². The first-order valence-electron chi connectivity index (χ1n) is 12.3. The fourth-order valence-electron chi connectivity index (χ4n) is 4.77. The number of phenols is 4. The standard InChI is InChI=1S/C27H39NO5.ClH/c1-2-14-28(22-9-10-23-21(19-22)8-12-25(30)27(23)32)15-5-3-4-6-16-33-17-13-20-7-11-24(29)26(31)18-20;/h7-8,11-12,18,22,29-32H,2-6,9-10,13-17,19H2,1H3;1H/t22-;/m0./s1. The molecule has 3 rings (SSSR count). The average Bonchev–Trinajstić information content (AvgIpc) is 2.81. The van der Waals surface area contributed by atoms with Crippen molar-refractivity contribution in [2.75, 3.05) is 26.3 Å². The number of hydrogen-bond donors (Lipinski definition) is 4. The molecule has 0 bridgehead atoms. The Hall–Kier alpha value is -2.15. The average molecular weight is 494 g/mol. The molecule has 4 N–H and O–H groups in total. The van der Waals surface area contributed by atoms with Crippen LogP contribution in [0.2, 0.25) is 0 Å². The molecule has 2 aromatic carbocycles. The lowest BCUT2D eigenvalue weighted by Gasteiger charge is -2.35. The van der Waals surface area contributed by atoms with Gasteiger partial charge in [-0.25, -0.2) is 0 Å². The third-order valence-corrected chi connectivity index (χ3v) is 6.63. The molecule has 0 aliphatic heterocycles. The van der Waals surface area contributed by atoms with E-state index in [0.29, 0.717) is 12.6 Å². The molecule has 1 atom stereocenters. The summed E-state index contributed by atoms with van der Waals surface area (Å²) in [5.74, 6) is -0.123. The second-order valence-electron chi connectivity index (χ2n) is 9.10. The minimum Gasteiger partial charge on any atom is -0.504 e. The summed E-state index contributed by atoms with van der Waals surface area (Å²) in [6, 6.07) is 8.97. The van der Waals surface area contributed by atoms with Crippen LogP contribution in [0, 0.1) is 0 Å².